The molecule has 0 aliphatic carbocycles. The molecule has 20 nitrogen and oxygen atoms in total. The molecule has 1 saturated heterocycles. The Morgan fingerprint density at radius 3 is 1.42 bits per heavy atom. The maximum absolute atomic E-state index is 13.2. The first-order chi connectivity index (χ1) is 31.4. The van der Waals surface area contributed by atoms with E-state index in [1.165, 1.54) is 6.07 Å². The number of hydrogen-bond donors (Lipinski definition) is 2. The zero-order valence-electron chi connectivity index (χ0n) is 37.0. The van der Waals surface area contributed by atoms with Crippen molar-refractivity contribution in [3.63, 3.8) is 0 Å². The van der Waals surface area contributed by atoms with Gasteiger partial charge < -0.3 is 62.2 Å². The molecule has 0 aromatic heterocycles. The number of nitrogens with zero attached hydrogens (tertiary/aromatic N) is 1. The first-order valence-electron chi connectivity index (χ1n) is 21.9. The van der Waals surface area contributed by atoms with Gasteiger partial charge in [0, 0.05) is 19.4 Å². The summed E-state index contributed by atoms with van der Waals surface area (Å²) in [6, 6.07) is 3.52. The lowest BCUT2D eigenvalue weighted by molar-refractivity contribution is -0.136. The van der Waals surface area contributed by atoms with Crippen LogP contribution in [0.2, 0.25) is 0 Å². The molecule has 0 saturated carbocycles. The first kappa shape index (κ1) is 54.4. The standard InChI is InChI=1S/C44H67N3O17/c1-2-12-53-14-16-55-18-20-57-22-24-59-26-28-61-30-32-63-34-35-64-33-31-62-29-27-60-25-23-58-21-19-56-17-15-54-13-5-3-4-9-39(48)45-37-8-6-7-36-41(37)44(52)47(43(36)51)38-10-11-40(49)46-42(38)50/h1,6-8,38H,3-5,9-35H2,(H,45,48)(H,46,49,50). The summed E-state index contributed by atoms with van der Waals surface area (Å²) >= 11 is 0. The number of rotatable bonds is 42. The maximum Gasteiger partial charge on any atom is 0.264 e. The summed E-state index contributed by atoms with van der Waals surface area (Å²) in [7, 11) is 0. The molecule has 2 N–H and O–H groups in total. The quantitative estimate of drug-likeness (QED) is 0.0538. The van der Waals surface area contributed by atoms with Gasteiger partial charge in [0.05, 0.1) is 162 Å². The Bertz CT molecular complexity index is 1530. The summed E-state index contributed by atoms with van der Waals surface area (Å²) in [4.78, 5) is 63.6. The van der Waals surface area contributed by atoms with E-state index in [2.05, 4.69) is 16.6 Å². The minimum Gasteiger partial charge on any atom is -0.379 e. The maximum atomic E-state index is 13.2. The van der Waals surface area contributed by atoms with Gasteiger partial charge in [-0.05, 0) is 31.4 Å². The molecule has 1 aromatic rings. The number of carbonyl (C=O) groups excluding carboxylic acids is 5. The van der Waals surface area contributed by atoms with E-state index < -0.39 is 29.7 Å². The van der Waals surface area contributed by atoms with Crippen LogP contribution >= 0.6 is 0 Å². The van der Waals surface area contributed by atoms with Crippen LogP contribution in [0.25, 0.3) is 0 Å². The second-order valence-electron chi connectivity index (χ2n) is 14.0. The van der Waals surface area contributed by atoms with Crippen LogP contribution in [0.5, 0.6) is 0 Å². The van der Waals surface area contributed by atoms with E-state index in [0.29, 0.717) is 165 Å². The number of amides is 5. The van der Waals surface area contributed by atoms with Crippen molar-refractivity contribution in [2.24, 2.45) is 0 Å². The third-order valence-corrected chi connectivity index (χ3v) is 9.21. The van der Waals surface area contributed by atoms with Crippen LogP contribution in [0.3, 0.4) is 0 Å². The predicted molar refractivity (Wildman–Crippen MR) is 229 cm³/mol. The molecule has 1 unspecified atom stereocenters. The van der Waals surface area contributed by atoms with E-state index in [1.807, 2.05) is 0 Å². The Morgan fingerprint density at radius 2 is 1.00 bits per heavy atom. The molecule has 2 aliphatic rings. The van der Waals surface area contributed by atoms with Gasteiger partial charge in [0.15, 0.2) is 0 Å². The van der Waals surface area contributed by atoms with Gasteiger partial charge in [-0.25, -0.2) is 0 Å². The van der Waals surface area contributed by atoms with Crippen LogP contribution in [0.4, 0.5) is 5.69 Å². The summed E-state index contributed by atoms with van der Waals surface area (Å²) in [6.07, 6.45) is 7.52. The van der Waals surface area contributed by atoms with Crippen LogP contribution in [-0.4, -0.2) is 199 Å². The Kier molecular flexibility index (Phi) is 30.8. The summed E-state index contributed by atoms with van der Waals surface area (Å²) < 4.78 is 65.4. The summed E-state index contributed by atoms with van der Waals surface area (Å²) in [5.74, 6) is -0.334. The molecule has 5 amide bonds. The average molecular weight is 910 g/mol. The molecular formula is C44H67N3O17. The SMILES string of the molecule is C#CCOCCOCCOCCOCCOCCOCCOCCOCCOCCOCCOCCOCCCCCC(=O)Nc1cccc2c1C(=O)N(C1CCC(=O)NC1=O)C2=O. The molecule has 0 radical (unpaired) electrons. The summed E-state index contributed by atoms with van der Waals surface area (Å²) in [5.41, 5.74) is 0.375. The van der Waals surface area contributed by atoms with Crippen molar-refractivity contribution in [2.45, 2.75) is 44.6 Å². The van der Waals surface area contributed by atoms with E-state index in [9.17, 15) is 24.0 Å². The monoisotopic (exact) mass is 909 g/mol. The van der Waals surface area contributed by atoms with Crippen molar-refractivity contribution in [2.75, 3.05) is 164 Å². The lowest BCUT2D eigenvalue weighted by Crippen LogP contribution is -2.54. The number of unbranched alkanes of at least 4 members (excludes halogenated alkanes) is 2. The molecule has 0 spiro atoms. The third kappa shape index (κ3) is 23.8. The number of fused-ring (bicyclic) bond motifs is 1. The average Bonchev–Trinajstić information content (AvgIpc) is 3.54. The van der Waals surface area contributed by atoms with Crippen LogP contribution < -0.4 is 10.6 Å². The number of piperidine rings is 1. The molecule has 64 heavy (non-hydrogen) atoms. The highest BCUT2D eigenvalue weighted by Gasteiger charge is 2.45. The summed E-state index contributed by atoms with van der Waals surface area (Å²) in [6.45, 7) is 11.2. The van der Waals surface area contributed by atoms with Crippen molar-refractivity contribution in [3.05, 3.63) is 29.3 Å². The molecular weight excluding hydrogens is 842 g/mol. The van der Waals surface area contributed by atoms with Crippen LogP contribution in [-0.2, 0) is 71.2 Å². The number of terminal acetylenes is 1. The Morgan fingerprint density at radius 1 is 0.578 bits per heavy atom. The van der Waals surface area contributed by atoms with Crippen molar-refractivity contribution in [3.8, 4) is 12.3 Å². The highest BCUT2D eigenvalue weighted by Crippen LogP contribution is 2.32. The van der Waals surface area contributed by atoms with Crippen molar-refractivity contribution in [1.29, 1.82) is 0 Å². The van der Waals surface area contributed by atoms with Gasteiger partial charge in [0.25, 0.3) is 11.8 Å². The normalized spacial score (nSPS) is 14.9. The molecule has 0 bridgehead atoms. The minimum atomic E-state index is -1.08. The molecule has 2 aliphatic heterocycles. The van der Waals surface area contributed by atoms with Gasteiger partial charge in [-0.15, -0.1) is 6.42 Å². The van der Waals surface area contributed by atoms with E-state index in [-0.39, 0.29) is 42.0 Å². The fourth-order valence-electron chi connectivity index (χ4n) is 6.05. The minimum absolute atomic E-state index is 0.0258. The van der Waals surface area contributed by atoms with Crippen molar-refractivity contribution >= 4 is 35.2 Å². The van der Waals surface area contributed by atoms with Gasteiger partial charge in [0.2, 0.25) is 17.7 Å². The number of benzene rings is 1. The van der Waals surface area contributed by atoms with Gasteiger partial charge in [-0.2, -0.15) is 0 Å². The molecule has 3 rings (SSSR count). The van der Waals surface area contributed by atoms with Crippen molar-refractivity contribution in [1.82, 2.24) is 10.2 Å². The summed E-state index contributed by atoms with van der Waals surface area (Å²) in [5, 5.41) is 4.91. The van der Waals surface area contributed by atoms with E-state index in [1.54, 1.807) is 12.1 Å². The highest BCUT2D eigenvalue weighted by molar-refractivity contribution is 6.26. The Labute approximate surface area is 375 Å². The second-order valence-corrected chi connectivity index (χ2v) is 14.0. The third-order valence-electron chi connectivity index (χ3n) is 9.21. The lowest BCUT2D eigenvalue weighted by atomic mass is 10.0. The topological polar surface area (TPSA) is 223 Å². The van der Waals surface area contributed by atoms with Crippen LogP contribution in [0, 0.1) is 12.3 Å². The smallest absolute Gasteiger partial charge is 0.264 e. The van der Waals surface area contributed by atoms with E-state index in [0.717, 1.165) is 17.7 Å². The highest BCUT2D eigenvalue weighted by atomic mass is 16.6. The molecule has 2 heterocycles. The van der Waals surface area contributed by atoms with E-state index in [4.69, 9.17) is 63.3 Å². The zero-order valence-corrected chi connectivity index (χ0v) is 37.0. The van der Waals surface area contributed by atoms with E-state index >= 15 is 0 Å². The van der Waals surface area contributed by atoms with Crippen LogP contribution in [0.15, 0.2) is 18.2 Å². The number of nitrogens with one attached hydrogen (secondary N) is 2. The fraction of sp³-hybridized carbons (Fsp3) is 0.705. The number of anilines is 1. The molecule has 1 fully saturated rings. The first-order valence-corrected chi connectivity index (χ1v) is 21.9. The van der Waals surface area contributed by atoms with Crippen LogP contribution in [0.1, 0.15) is 59.2 Å². The molecule has 360 valence electrons. The largest absolute Gasteiger partial charge is 0.379 e. The number of ether oxygens (including phenoxy) is 12. The van der Waals surface area contributed by atoms with Gasteiger partial charge in [-0.3, -0.25) is 34.2 Å². The second kappa shape index (κ2) is 36.3. The lowest BCUT2D eigenvalue weighted by Gasteiger charge is -2.27. The zero-order chi connectivity index (χ0) is 45.7. The molecule has 1 aromatic carbocycles. The van der Waals surface area contributed by atoms with Gasteiger partial charge in [0.1, 0.15) is 12.6 Å². The molecule has 1 atom stereocenters. The number of carbonyl (C=O) groups is 5. The number of hydrogen-bond acceptors (Lipinski definition) is 17. The fourth-order valence-corrected chi connectivity index (χ4v) is 6.05. The Hall–Kier alpha value is -3.95. The Balaban J connectivity index is 0.977. The van der Waals surface area contributed by atoms with Crippen molar-refractivity contribution < 1.29 is 80.8 Å². The predicted octanol–water partition coefficient (Wildman–Crippen LogP) is 1.42. The number of imide groups is 2. The van der Waals surface area contributed by atoms with Gasteiger partial charge in [-0.1, -0.05) is 18.4 Å². The van der Waals surface area contributed by atoms with Gasteiger partial charge >= 0.3 is 0 Å². The molecule has 20 heteroatoms.